The number of benzene rings is 1. The Balaban J connectivity index is 0.000000387. The molecule has 1 heterocycles. The molecule has 0 aromatic heterocycles. The lowest BCUT2D eigenvalue weighted by Gasteiger charge is -1.94. The maximum Gasteiger partial charge on any atom is 0.342 e. The third-order valence-electron chi connectivity index (χ3n) is 2.19. The lowest BCUT2D eigenvalue weighted by Crippen LogP contribution is -2.18. The highest BCUT2D eigenvalue weighted by Gasteiger charge is 2.17. The van der Waals surface area contributed by atoms with Gasteiger partial charge in [-0.25, -0.2) is 4.79 Å². The number of para-hydroxylation sites is 1. The molecular formula is C11H13N3O6. The van der Waals surface area contributed by atoms with Crippen molar-refractivity contribution in [2.75, 3.05) is 0 Å². The van der Waals surface area contributed by atoms with Gasteiger partial charge < -0.3 is 11.3 Å². The average Bonchev–Trinajstić information content (AvgIpc) is 2.73. The Hall–Kier alpha value is -2.81. The molecule has 1 aliphatic heterocycles. The Kier molecular flexibility index (Phi) is 6.52. The van der Waals surface area contributed by atoms with Gasteiger partial charge in [-0.1, -0.05) is 12.1 Å². The van der Waals surface area contributed by atoms with E-state index in [0.29, 0.717) is 12.8 Å². The molecular weight excluding hydrogens is 270 g/mol. The lowest BCUT2D eigenvalue weighted by atomic mass is 10.2. The fraction of sp³-hybridized carbons (Fsp3) is 0.182. The molecule has 0 atom stereocenters. The van der Waals surface area contributed by atoms with Crippen LogP contribution in [0.5, 0.6) is 0 Å². The first-order valence-electron chi connectivity index (χ1n) is 5.21. The van der Waals surface area contributed by atoms with E-state index in [1.165, 1.54) is 18.2 Å². The van der Waals surface area contributed by atoms with Gasteiger partial charge >= 0.3 is 5.97 Å². The average molecular weight is 283 g/mol. The van der Waals surface area contributed by atoms with Gasteiger partial charge in [0.2, 0.25) is 11.8 Å². The summed E-state index contributed by atoms with van der Waals surface area (Å²) >= 11 is 0. The molecule has 1 fully saturated rings. The van der Waals surface area contributed by atoms with E-state index in [4.69, 9.17) is 5.11 Å². The topological polar surface area (TPSA) is 162 Å². The minimum Gasteiger partial charge on any atom is -0.477 e. The highest BCUT2D eigenvalue weighted by Crippen LogP contribution is 2.16. The summed E-state index contributed by atoms with van der Waals surface area (Å²) in [6.07, 6.45) is 0.748. The normalized spacial score (nSPS) is 12.6. The highest BCUT2D eigenvalue weighted by atomic mass is 16.6. The van der Waals surface area contributed by atoms with Crippen LogP contribution in [-0.4, -0.2) is 27.8 Å². The number of nitro benzene ring substituents is 1. The Bertz CT molecular complexity index is 496. The second-order valence-corrected chi connectivity index (χ2v) is 3.55. The number of carboxylic acids is 1. The number of rotatable bonds is 2. The van der Waals surface area contributed by atoms with E-state index in [0.717, 1.165) is 6.07 Å². The van der Waals surface area contributed by atoms with E-state index in [1.807, 2.05) is 0 Å². The van der Waals surface area contributed by atoms with Crippen molar-refractivity contribution in [1.29, 1.82) is 0 Å². The summed E-state index contributed by atoms with van der Waals surface area (Å²) in [5.74, 6) is -1.59. The molecule has 1 aromatic carbocycles. The van der Waals surface area contributed by atoms with Gasteiger partial charge in [-0.05, 0) is 6.07 Å². The zero-order chi connectivity index (χ0) is 14.4. The molecule has 9 heteroatoms. The van der Waals surface area contributed by atoms with Gasteiger partial charge in [-0.15, -0.1) is 0 Å². The predicted octanol–water partition coefficient (Wildman–Crippen LogP) is 0.878. The van der Waals surface area contributed by atoms with Crippen LogP contribution >= 0.6 is 0 Å². The van der Waals surface area contributed by atoms with Gasteiger partial charge in [0.15, 0.2) is 0 Å². The summed E-state index contributed by atoms with van der Waals surface area (Å²) in [5, 5.41) is 20.9. The maximum atomic E-state index is 10.4. The lowest BCUT2D eigenvalue weighted by molar-refractivity contribution is -0.385. The summed E-state index contributed by atoms with van der Waals surface area (Å²) in [5.41, 5.74) is -0.674. The van der Waals surface area contributed by atoms with Crippen molar-refractivity contribution in [3.05, 3.63) is 39.9 Å². The molecule has 1 saturated heterocycles. The van der Waals surface area contributed by atoms with Crippen LogP contribution in [-0.2, 0) is 9.59 Å². The van der Waals surface area contributed by atoms with Crippen LogP contribution in [0.25, 0.3) is 0 Å². The number of carboxylic acid groups (broad SMARTS) is 1. The molecule has 108 valence electrons. The molecule has 1 aromatic rings. The number of nitro groups is 1. The predicted molar refractivity (Wildman–Crippen MR) is 67.5 cm³/mol. The molecule has 5 N–H and O–H groups in total. The monoisotopic (exact) mass is 283 g/mol. The standard InChI is InChI=1S/C7H5NO4.C4H5NO2.H3N/c9-7(10)5-3-1-2-4-6(5)8(11)12;6-3-1-2-4(7)5-3;/h1-4H,(H,9,10);1-2H2,(H,5,6,7);1H3. The van der Waals surface area contributed by atoms with E-state index < -0.39 is 10.9 Å². The van der Waals surface area contributed by atoms with Gasteiger partial charge in [0.25, 0.3) is 5.69 Å². The van der Waals surface area contributed by atoms with Crippen LogP contribution in [0.1, 0.15) is 23.2 Å². The van der Waals surface area contributed by atoms with Gasteiger partial charge in [0.1, 0.15) is 5.56 Å². The Morgan fingerprint density at radius 3 is 2.00 bits per heavy atom. The van der Waals surface area contributed by atoms with Crippen molar-refractivity contribution < 1.29 is 24.4 Å². The van der Waals surface area contributed by atoms with Crippen molar-refractivity contribution in [3.63, 3.8) is 0 Å². The number of hydrogen-bond acceptors (Lipinski definition) is 6. The van der Waals surface area contributed by atoms with E-state index >= 15 is 0 Å². The summed E-state index contributed by atoms with van der Waals surface area (Å²) in [7, 11) is 0. The first-order chi connectivity index (χ1) is 8.91. The van der Waals surface area contributed by atoms with Crippen molar-refractivity contribution in [2.24, 2.45) is 0 Å². The Morgan fingerprint density at radius 1 is 1.20 bits per heavy atom. The van der Waals surface area contributed by atoms with Gasteiger partial charge in [-0.2, -0.15) is 0 Å². The fourth-order valence-corrected chi connectivity index (χ4v) is 1.32. The van der Waals surface area contributed by atoms with Crippen molar-refractivity contribution >= 4 is 23.5 Å². The second-order valence-electron chi connectivity index (χ2n) is 3.55. The number of carbonyl (C=O) groups is 3. The Morgan fingerprint density at radius 2 is 1.70 bits per heavy atom. The zero-order valence-electron chi connectivity index (χ0n) is 10.4. The minimum atomic E-state index is -1.29. The molecule has 0 radical (unpaired) electrons. The largest absolute Gasteiger partial charge is 0.477 e. The highest BCUT2D eigenvalue weighted by molar-refractivity contribution is 6.01. The third-order valence-corrected chi connectivity index (χ3v) is 2.19. The quantitative estimate of drug-likeness (QED) is 0.412. The maximum absolute atomic E-state index is 10.4. The first kappa shape index (κ1) is 17.2. The number of imide groups is 1. The molecule has 0 saturated carbocycles. The number of carbonyl (C=O) groups excluding carboxylic acids is 2. The number of aromatic carboxylic acids is 1. The van der Waals surface area contributed by atoms with E-state index in [9.17, 15) is 24.5 Å². The van der Waals surface area contributed by atoms with Gasteiger partial charge in [0.05, 0.1) is 4.92 Å². The molecule has 9 nitrogen and oxygen atoms in total. The summed E-state index contributed by atoms with van der Waals surface area (Å²) in [6, 6.07) is 5.21. The van der Waals surface area contributed by atoms with Gasteiger partial charge in [-0.3, -0.25) is 25.0 Å². The molecule has 0 spiro atoms. The molecule has 0 aliphatic carbocycles. The van der Waals surface area contributed by atoms with Crippen molar-refractivity contribution in [1.82, 2.24) is 11.5 Å². The minimum absolute atomic E-state index is 0. The van der Waals surface area contributed by atoms with Crippen LogP contribution < -0.4 is 11.5 Å². The number of amides is 2. The number of nitrogens with zero attached hydrogens (tertiary/aromatic N) is 1. The molecule has 1 aliphatic rings. The van der Waals surface area contributed by atoms with E-state index in [2.05, 4.69) is 5.32 Å². The van der Waals surface area contributed by atoms with Crippen LogP contribution in [0.3, 0.4) is 0 Å². The van der Waals surface area contributed by atoms with E-state index in [-0.39, 0.29) is 29.2 Å². The Labute approximate surface area is 113 Å². The SMILES string of the molecule is N.O=C(O)c1ccccc1[N+](=O)[O-].O=C1CCC(=O)N1. The molecule has 2 rings (SSSR count). The first-order valence-corrected chi connectivity index (χ1v) is 5.21. The summed E-state index contributed by atoms with van der Waals surface area (Å²) in [4.78, 5) is 40.2. The molecule has 2 amide bonds. The zero-order valence-corrected chi connectivity index (χ0v) is 10.4. The van der Waals surface area contributed by atoms with Crippen LogP contribution in [0.2, 0.25) is 0 Å². The fourth-order valence-electron chi connectivity index (χ4n) is 1.32. The third kappa shape index (κ3) is 4.82. The number of hydrogen-bond donors (Lipinski definition) is 3. The molecule has 0 unspecified atom stereocenters. The smallest absolute Gasteiger partial charge is 0.342 e. The molecule has 0 bridgehead atoms. The van der Waals surface area contributed by atoms with Crippen molar-refractivity contribution in [2.45, 2.75) is 12.8 Å². The van der Waals surface area contributed by atoms with Crippen molar-refractivity contribution in [3.8, 4) is 0 Å². The summed E-state index contributed by atoms with van der Waals surface area (Å²) < 4.78 is 0. The van der Waals surface area contributed by atoms with Gasteiger partial charge in [0, 0.05) is 18.9 Å². The number of nitrogens with one attached hydrogen (secondary N) is 1. The van der Waals surface area contributed by atoms with E-state index in [1.54, 1.807) is 0 Å². The van der Waals surface area contributed by atoms with Crippen LogP contribution in [0.4, 0.5) is 5.69 Å². The molecule has 20 heavy (non-hydrogen) atoms. The van der Waals surface area contributed by atoms with Crippen LogP contribution in [0.15, 0.2) is 24.3 Å². The van der Waals surface area contributed by atoms with Crippen LogP contribution in [0, 0.1) is 10.1 Å². The summed E-state index contributed by atoms with van der Waals surface area (Å²) in [6.45, 7) is 0. The second kappa shape index (κ2) is 7.59.